The smallest absolute Gasteiger partial charge is 0.132 e. The third-order valence-corrected chi connectivity index (χ3v) is 2.56. The average Bonchev–Trinajstić information content (AvgIpc) is 2.59. The topological polar surface area (TPSA) is 29.5 Å². The Bertz CT molecular complexity index is 353. The summed E-state index contributed by atoms with van der Waals surface area (Å²) >= 11 is 0. The molecule has 0 spiro atoms. The summed E-state index contributed by atoms with van der Waals surface area (Å²) in [6, 6.07) is 7.95. The number of para-hydroxylation sites is 1. The average molecular weight is 204 g/mol. The van der Waals surface area contributed by atoms with Crippen LogP contribution in [-0.2, 0) is 6.42 Å². The van der Waals surface area contributed by atoms with Gasteiger partial charge in [0.05, 0.1) is 0 Å². The quantitative estimate of drug-likeness (QED) is 0.749. The first-order valence-corrected chi connectivity index (χ1v) is 5.24. The lowest BCUT2D eigenvalue weighted by atomic mass is 10.1. The van der Waals surface area contributed by atoms with Crippen molar-refractivity contribution in [1.29, 1.82) is 0 Å². The molecule has 0 saturated carbocycles. The van der Waals surface area contributed by atoms with Crippen LogP contribution in [0.15, 0.2) is 35.9 Å². The molecule has 2 unspecified atom stereocenters. The number of benzene rings is 1. The fraction of sp³-hybridized carbons (Fsp3) is 0.385. The molecule has 0 bridgehead atoms. The summed E-state index contributed by atoms with van der Waals surface area (Å²) in [5.41, 5.74) is 2.30. The van der Waals surface area contributed by atoms with Gasteiger partial charge < -0.3 is 9.84 Å². The van der Waals surface area contributed by atoms with Crippen LogP contribution >= 0.6 is 0 Å². The van der Waals surface area contributed by atoms with Gasteiger partial charge in [-0.3, -0.25) is 0 Å². The predicted molar refractivity (Wildman–Crippen MR) is 60.0 cm³/mol. The predicted octanol–water partition coefficient (Wildman–Crippen LogP) is 2.32. The van der Waals surface area contributed by atoms with Gasteiger partial charge in [-0.1, -0.05) is 29.8 Å². The largest absolute Gasteiger partial charge is 0.487 e. The van der Waals surface area contributed by atoms with E-state index in [1.165, 1.54) is 5.56 Å². The molecule has 1 aliphatic heterocycles. The zero-order valence-electron chi connectivity index (χ0n) is 9.10. The molecule has 2 atom stereocenters. The third kappa shape index (κ3) is 2.21. The van der Waals surface area contributed by atoms with Crippen molar-refractivity contribution in [2.45, 2.75) is 32.5 Å². The van der Waals surface area contributed by atoms with Crippen molar-refractivity contribution in [3.63, 3.8) is 0 Å². The second kappa shape index (κ2) is 4.07. The van der Waals surface area contributed by atoms with Gasteiger partial charge in [-0.2, -0.15) is 0 Å². The van der Waals surface area contributed by atoms with Crippen LogP contribution in [0, 0.1) is 0 Å². The first kappa shape index (κ1) is 10.2. The molecule has 0 saturated heterocycles. The highest BCUT2D eigenvalue weighted by atomic mass is 16.5. The van der Waals surface area contributed by atoms with Crippen LogP contribution in [0.4, 0.5) is 0 Å². The zero-order chi connectivity index (χ0) is 10.8. The van der Waals surface area contributed by atoms with Crippen molar-refractivity contribution < 1.29 is 9.84 Å². The Hall–Kier alpha value is -1.28. The maximum Gasteiger partial charge on any atom is 0.132 e. The molecule has 0 aliphatic carbocycles. The molecule has 15 heavy (non-hydrogen) atoms. The fourth-order valence-corrected chi connectivity index (χ4v) is 1.85. The second-order valence-corrected chi connectivity index (χ2v) is 4.20. The molecular weight excluding hydrogens is 188 g/mol. The van der Waals surface area contributed by atoms with E-state index < -0.39 is 6.10 Å². The molecule has 0 radical (unpaired) electrons. The molecule has 2 heteroatoms. The maximum atomic E-state index is 9.89. The summed E-state index contributed by atoms with van der Waals surface area (Å²) in [5, 5.41) is 9.89. The van der Waals surface area contributed by atoms with Crippen LogP contribution < -0.4 is 4.74 Å². The van der Waals surface area contributed by atoms with Crippen molar-refractivity contribution >= 4 is 0 Å². The highest BCUT2D eigenvalue weighted by Gasteiger charge is 2.27. The zero-order valence-corrected chi connectivity index (χ0v) is 9.10. The maximum absolute atomic E-state index is 9.89. The van der Waals surface area contributed by atoms with E-state index in [0.717, 1.165) is 17.7 Å². The second-order valence-electron chi connectivity index (χ2n) is 4.20. The van der Waals surface area contributed by atoms with Crippen LogP contribution in [0.2, 0.25) is 0 Å². The van der Waals surface area contributed by atoms with E-state index in [4.69, 9.17) is 4.74 Å². The molecule has 0 aromatic heterocycles. The number of rotatable bonds is 2. The van der Waals surface area contributed by atoms with Gasteiger partial charge in [0.1, 0.15) is 18.0 Å². The Balaban J connectivity index is 2.10. The van der Waals surface area contributed by atoms with E-state index in [1.54, 1.807) is 0 Å². The van der Waals surface area contributed by atoms with Crippen LogP contribution in [0.25, 0.3) is 0 Å². The van der Waals surface area contributed by atoms with Crippen molar-refractivity contribution in [2.24, 2.45) is 0 Å². The number of aliphatic hydroxyl groups is 1. The van der Waals surface area contributed by atoms with Gasteiger partial charge in [0.2, 0.25) is 0 Å². The minimum absolute atomic E-state index is 0.128. The van der Waals surface area contributed by atoms with Crippen LogP contribution in [0.1, 0.15) is 19.4 Å². The van der Waals surface area contributed by atoms with E-state index in [2.05, 4.69) is 0 Å². The Morgan fingerprint density at radius 1 is 1.47 bits per heavy atom. The molecule has 0 amide bonds. The number of aliphatic hydroxyl groups excluding tert-OH is 1. The SMILES string of the molecule is CC(C)=CC(O)C1Cc2ccccc2O1. The van der Waals surface area contributed by atoms with Crippen LogP contribution in [-0.4, -0.2) is 17.3 Å². The summed E-state index contributed by atoms with van der Waals surface area (Å²) in [5.74, 6) is 0.906. The van der Waals surface area contributed by atoms with Crippen molar-refractivity contribution in [3.8, 4) is 5.75 Å². The lowest BCUT2D eigenvalue weighted by Gasteiger charge is -2.15. The van der Waals surface area contributed by atoms with Crippen molar-refractivity contribution in [3.05, 3.63) is 41.5 Å². The number of hydrogen-bond acceptors (Lipinski definition) is 2. The highest BCUT2D eigenvalue weighted by molar-refractivity contribution is 5.37. The van der Waals surface area contributed by atoms with Gasteiger partial charge in [0, 0.05) is 6.42 Å². The Morgan fingerprint density at radius 2 is 2.20 bits per heavy atom. The van der Waals surface area contributed by atoms with E-state index >= 15 is 0 Å². The van der Waals surface area contributed by atoms with Crippen molar-refractivity contribution in [2.75, 3.05) is 0 Å². The van der Waals surface area contributed by atoms with E-state index in [-0.39, 0.29) is 6.10 Å². The molecule has 1 aliphatic rings. The Labute approximate surface area is 90.2 Å². The summed E-state index contributed by atoms with van der Waals surface area (Å²) < 4.78 is 5.68. The number of hydrogen-bond donors (Lipinski definition) is 1. The lowest BCUT2D eigenvalue weighted by Crippen LogP contribution is -2.28. The summed E-state index contributed by atoms with van der Waals surface area (Å²) in [7, 11) is 0. The molecule has 1 N–H and O–H groups in total. The minimum atomic E-state index is -0.512. The molecule has 0 fully saturated rings. The molecule has 1 aromatic carbocycles. The number of fused-ring (bicyclic) bond motifs is 1. The molecular formula is C13H16O2. The van der Waals surface area contributed by atoms with E-state index in [9.17, 15) is 5.11 Å². The third-order valence-electron chi connectivity index (χ3n) is 2.56. The van der Waals surface area contributed by atoms with E-state index in [0.29, 0.717) is 0 Å². The van der Waals surface area contributed by atoms with E-state index in [1.807, 2.05) is 44.2 Å². The highest BCUT2D eigenvalue weighted by Crippen LogP contribution is 2.29. The van der Waals surface area contributed by atoms with Gasteiger partial charge in [-0.05, 0) is 25.5 Å². The normalized spacial score (nSPS) is 20.3. The molecule has 1 aromatic rings. The first-order valence-electron chi connectivity index (χ1n) is 5.24. The summed E-state index contributed by atoms with van der Waals surface area (Å²) in [4.78, 5) is 0. The Kier molecular flexibility index (Phi) is 2.78. The number of allylic oxidation sites excluding steroid dienone is 1. The van der Waals surface area contributed by atoms with Gasteiger partial charge in [-0.25, -0.2) is 0 Å². The molecule has 1 heterocycles. The fourth-order valence-electron chi connectivity index (χ4n) is 1.85. The Morgan fingerprint density at radius 3 is 2.87 bits per heavy atom. The van der Waals surface area contributed by atoms with Gasteiger partial charge in [0.25, 0.3) is 0 Å². The standard InChI is InChI=1S/C13H16O2/c1-9(2)7-11(14)13-8-10-5-3-4-6-12(10)15-13/h3-7,11,13-14H,8H2,1-2H3. The molecule has 80 valence electrons. The van der Waals surface area contributed by atoms with Crippen LogP contribution in [0.5, 0.6) is 5.75 Å². The van der Waals surface area contributed by atoms with Gasteiger partial charge in [0.15, 0.2) is 0 Å². The molecule has 2 rings (SSSR count). The van der Waals surface area contributed by atoms with Gasteiger partial charge in [-0.15, -0.1) is 0 Å². The molecule has 2 nitrogen and oxygen atoms in total. The monoisotopic (exact) mass is 204 g/mol. The van der Waals surface area contributed by atoms with Crippen LogP contribution in [0.3, 0.4) is 0 Å². The summed E-state index contributed by atoms with van der Waals surface area (Å²) in [6.45, 7) is 3.95. The summed E-state index contributed by atoms with van der Waals surface area (Å²) in [6.07, 6.45) is 2.00. The number of ether oxygens (including phenoxy) is 1. The van der Waals surface area contributed by atoms with Gasteiger partial charge >= 0.3 is 0 Å². The van der Waals surface area contributed by atoms with Crippen molar-refractivity contribution in [1.82, 2.24) is 0 Å². The minimum Gasteiger partial charge on any atom is -0.487 e. The first-order chi connectivity index (χ1) is 7.16. The lowest BCUT2D eigenvalue weighted by molar-refractivity contribution is 0.0821.